The van der Waals surface area contributed by atoms with E-state index in [-0.39, 0.29) is 5.56 Å². The van der Waals surface area contributed by atoms with Gasteiger partial charge < -0.3 is 9.15 Å². The van der Waals surface area contributed by atoms with Gasteiger partial charge in [-0.2, -0.15) is 0 Å². The Labute approximate surface area is 141 Å². The first kappa shape index (κ1) is 15.8. The summed E-state index contributed by atoms with van der Waals surface area (Å²) in [6.45, 7) is 0. The maximum Gasteiger partial charge on any atom is 0.351 e. The molecule has 23 heavy (non-hydrogen) atoms. The molecule has 3 rings (SSSR count). The van der Waals surface area contributed by atoms with Gasteiger partial charge in [0, 0.05) is 22.7 Å². The second kappa shape index (κ2) is 6.60. The minimum Gasteiger partial charge on any atom is -0.454 e. The summed E-state index contributed by atoms with van der Waals surface area (Å²) in [5, 5.41) is 1.22. The average Bonchev–Trinajstić information content (AvgIpc) is 2.55. The first-order valence-electron chi connectivity index (χ1n) is 6.94. The summed E-state index contributed by atoms with van der Waals surface area (Å²) in [7, 11) is 0. The summed E-state index contributed by atoms with van der Waals surface area (Å²) in [5.41, 5.74) is 0.391. The number of rotatable bonds is 3. The van der Waals surface area contributed by atoms with Crippen LogP contribution in [0.25, 0.3) is 11.0 Å². The molecule has 0 N–H and O–H groups in total. The Bertz CT molecular complexity index is 880. The third-order valence-electron chi connectivity index (χ3n) is 3.44. The predicted octanol–water partition coefficient (Wildman–Crippen LogP) is 4.14. The molecule has 4 nitrogen and oxygen atoms in total. The van der Waals surface area contributed by atoms with Crippen LogP contribution in [0.4, 0.5) is 0 Å². The fourth-order valence-corrected chi connectivity index (χ4v) is 2.59. The largest absolute Gasteiger partial charge is 0.454 e. The lowest BCUT2D eigenvalue weighted by molar-refractivity contribution is 0.0393. The molecule has 0 radical (unpaired) electrons. The number of carbonyl (C=O) groups is 1. The summed E-state index contributed by atoms with van der Waals surface area (Å²) >= 11 is 11.6. The molecule has 0 saturated heterocycles. The molecular formula is C17H12Cl2O4. The third-order valence-corrected chi connectivity index (χ3v) is 4.03. The molecule has 0 spiro atoms. The fourth-order valence-electron chi connectivity index (χ4n) is 2.26. The van der Waals surface area contributed by atoms with Crippen molar-refractivity contribution in [3.8, 4) is 0 Å². The van der Waals surface area contributed by atoms with Crippen LogP contribution in [0.1, 0.15) is 22.3 Å². The molecule has 0 saturated carbocycles. The van der Waals surface area contributed by atoms with Crippen molar-refractivity contribution in [1.82, 2.24) is 0 Å². The summed E-state index contributed by atoms with van der Waals surface area (Å²) in [5.74, 6) is -0.396. The lowest BCUT2D eigenvalue weighted by atomic mass is 10.1. The second-order valence-electron chi connectivity index (χ2n) is 5.08. The Morgan fingerprint density at radius 3 is 2.87 bits per heavy atom. The first-order chi connectivity index (χ1) is 11.1. The molecule has 1 aromatic carbocycles. The number of hydrogen-bond donors (Lipinski definition) is 0. The van der Waals surface area contributed by atoms with Crippen molar-refractivity contribution in [3.05, 3.63) is 69.1 Å². The number of ether oxygens (including phenoxy) is 1. The van der Waals surface area contributed by atoms with Crippen LogP contribution in [0.2, 0.25) is 0 Å². The molecule has 118 valence electrons. The van der Waals surface area contributed by atoms with E-state index in [1.807, 2.05) is 0 Å². The van der Waals surface area contributed by atoms with Gasteiger partial charge in [-0.25, -0.2) is 9.59 Å². The smallest absolute Gasteiger partial charge is 0.351 e. The molecule has 1 aromatic heterocycles. The van der Waals surface area contributed by atoms with E-state index < -0.39 is 17.7 Å². The third kappa shape index (κ3) is 3.49. The van der Waals surface area contributed by atoms with Crippen molar-refractivity contribution in [3.63, 3.8) is 0 Å². The van der Waals surface area contributed by atoms with Crippen molar-refractivity contribution in [1.29, 1.82) is 0 Å². The SMILES string of the molecule is O=C(OC1C=CC(Cl)=CC1)c1cc2cc(CCl)ccc2oc1=O. The number of esters is 1. The van der Waals surface area contributed by atoms with E-state index in [9.17, 15) is 9.59 Å². The van der Waals surface area contributed by atoms with Crippen LogP contribution in [-0.2, 0) is 10.6 Å². The molecule has 1 heterocycles. The van der Waals surface area contributed by atoms with Crippen LogP contribution in [0.5, 0.6) is 0 Å². The van der Waals surface area contributed by atoms with Crippen molar-refractivity contribution in [2.45, 2.75) is 18.4 Å². The quantitative estimate of drug-likeness (QED) is 0.474. The molecule has 2 aromatic rings. The highest BCUT2D eigenvalue weighted by Crippen LogP contribution is 2.19. The number of hydrogen-bond acceptors (Lipinski definition) is 4. The maximum absolute atomic E-state index is 12.2. The van der Waals surface area contributed by atoms with Gasteiger partial charge in [-0.1, -0.05) is 23.7 Å². The van der Waals surface area contributed by atoms with Gasteiger partial charge in [0.25, 0.3) is 0 Å². The standard InChI is InChI=1S/C17H12Cl2O4/c18-9-10-1-6-15-11(7-10)8-14(17(21)23-15)16(20)22-13-4-2-12(19)3-5-13/h1-4,6-8,13H,5,9H2. The van der Waals surface area contributed by atoms with Crippen molar-refractivity contribution >= 4 is 40.1 Å². The topological polar surface area (TPSA) is 56.5 Å². The lowest BCUT2D eigenvalue weighted by Gasteiger charge is -2.15. The van der Waals surface area contributed by atoms with E-state index in [4.69, 9.17) is 32.4 Å². The molecule has 0 bridgehead atoms. The van der Waals surface area contributed by atoms with E-state index in [2.05, 4.69) is 0 Å². The van der Waals surface area contributed by atoms with E-state index >= 15 is 0 Å². The Balaban J connectivity index is 1.89. The number of benzene rings is 1. The van der Waals surface area contributed by atoms with Crippen LogP contribution >= 0.6 is 23.2 Å². The number of alkyl halides is 1. The van der Waals surface area contributed by atoms with Gasteiger partial charge in [0.15, 0.2) is 0 Å². The average molecular weight is 351 g/mol. The van der Waals surface area contributed by atoms with Gasteiger partial charge in [0.1, 0.15) is 17.3 Å². The van der Waals surface area contributed by atoms with E-state index in [1.165, 1.54) is 6.07 Å². The normalized spacial score (nSPS) is 17.1. The highest BCUT2D eigenvalue weighted by atomic mass is 35.5. The van der Waals surface area contributed by atoms with E-state index in [1.54, 1.807) is 36.4 Å². The Morgan fingerprint density at radius 2 is 2.17 bits per heavy atom. The van der Waals surface area contributed by atoms with Crippen LogP contribution in [0.3, 0.4) is 0 Å². The van der Waals surface area contributed by atoms with Gasteiger partial charge >= 0.3 is 11.6 Å². The lowest BCUT2D eigenvalue weighted by Crippen LogP contribution is -2.22. The summed E-state index contributed by atoms with van der Waals surface area (Å²) in [6.07, 6.45) is 5.09. The Morgan fingerprint density at radius 1 is 1.35 bits per heavy atom. The van der Waals surface area contributed by atoms with Crippen LogP contribution in [0.15, 0.2) is 56.7 Å². The molecule has 0 amide bonds. The Hall–Kier alpha value is -2.04. The zero-order valence-corrected chi connectivity index (χ0v) is 13.4. The molecule has 1 aliphatic carbocycles. The molecule has 0 aliphatic heterocycles. The molecule has 1 atom stereocenters. The van der Waals surface area contributed by atoms with Gasteiger partial charge in [0.2, 0.25) is 0 Å². The number of allylic oxidation sites excluding steroid dienone is 2. The molecular weight excluding hydrogens is 339 g/mol. The second-order valence-corrected chi connectivity index (χ2v) is 5.78. The van der Waals surface area contributed by atoms with Gasteiger partial charge in [0.05, 0.1) is 0 Å². The minimum atomic E-state index is -0.727. The zero-order valence-electron chi connectivity index (χ0n) is 11.9. The van der Waals surface area contributed by atoms with Crippen LogP contribution < -0.4 is 5.63 Å². The monoisotopic (exact) mass is 350 g/mol. The van der Waals surface area contributed by atoms with Crippen molar-refractivity contribution < 1.29 is 13.9 Å². The van der Waals surface area contributed by atoms with E-state index in [0.717, 1.165) is 5.56 Å². The first-order valence-corrected chi connectivity index (χ1v) is 7.85. The van der Waals surface area contributed by atoms with Gasteiger partial charge in [-0.05, 0) is 35.9 Å². The number of carbonyl (C=O) groups excluding carboxylic acids is 1. The summed E-state index contributed by atoms with van der Waals surface area (Å²) in [4.78, 5) is 24.2. The highest BCUT2D eigenvalue weighted by Gasteiger charge is 2.19. The van der Waals surface area contributed by atoms with Gasteiger partial charge in [-0.15, -0.1) is 11.6 Å². The molecule has 1 unspecified atom stereocenters. The van der Waals surface area contributed by atoms with Gasteiger partial charge in [-0.3, -0.25) is 0 Å². The number of halogens is 2. The van der Waals surface area contributed by atoms with Crippen LogP contribution in [-0.4, -0.2) is 12.1 Å². The van der Waals surface area contributed by atoms with Crippen molar-refractivity contribution in [2.24, 2.45) is 0 Å². The fraction of sp³-hybridized carbons (Fsp3) is 0.176. The maximum atomic E-state index is 12.2. The van der Waals surface area contributed by atoms with Crippen molar-refractivity contribution in [2.75, 3.05) is 0 Å². The molecule has 0 fully saturated rings. The predicted molar refractivity (Wildman–Crippen MR) is 88.9 cm³/mol. The summed E-state index contributed by atoms with van der Waals surface area (Å²) < 4.78 is 10.5. The zero-order chi connectivity index (χ0) is 16.4. The van der Waals surface area contributed by atoms with Crippen LogP contribution in [0, 0.1) is 0 Å². The number of fused-ring (bicyclic) bond motifs is 1. The Kier molecular flexibility index (Phi) is 4.55. The molecule has 6 heteroatoms. The summed E-state index contributed by atoms with van der Waals surface area (Å²) in [6, 6.07) is 6.65. The molecule has 1 aliphatic rings. The van der Waals surface area contributed by atoms with E-state index in [0.29, 0.717) is 28.3 Å². The highest BCUT2D eigenvalue weighted by molar-refractivity contribution is 6.31. The minimum absolute atomic E-state index is 0.140.